The van der Waals surface area contributed by atoms with E-state index >= 15 is 0 Å². The largest absolute Gasteiger partial charge is 0.342 e. The summed E-state index contributed by atoms with van der Waals surface area (Å²) in [6.45, 7) is 8.31. The van der Waals surface area contributed by atoms with Gasteiger partial charge >= 0.3 is 0 Å². The van der Waals surface area contributed by atoms with Crippen LogP contribution in [0.1, 0.15) is 57.2 Å². The van der Waals surface area contributed by atoms with Gasteiger partial charge in [-0.05, 0) is 57.5 Å². The van der Waals surface area contributed by atoms with Crippen molar-refractivity contribution in [2.24, 2.45) is 11.8 Å². The Hall–Kier alpha value is -1.36. The first-order valence-corrected chi connectivity index (χ1v) is 10.2. The van der Waals surface area contributed by atoms with Gasteiger partial charge < -0.3 is 14.4 Å². The Bertz CT molecular complexity index is 580. The van der Waals surface area contributed by atoms with Crippen LogP contribution >= 0.6 is 0 Å². The maximum Gasteiger partial charge on any atom is 0.226 e. The third-order valence-corrected chi connectivity index (χ3v) is 6.22. The van der Waals surface area contributed by atoms with Gasteiger partial charge in [-0.15, -0.1) is 0 Å². The number of carbonyl (C=O) groups is 1. The van der Waals surface area contributed by atoms with E-state index in [-0.39, 0.29) is 5.92 Å². The van der Waals surface area contributed by atoms with Gasteiger partial charge in [-0.25, -0.2) is 4.98 Å². The van der Waals surface area contributed by atoms with Crippen LogP contribution < -0.4 is 0 Å². The highest BCUT2D eigenvalue weighted by Gasteiger charge is 2.30. The number of likely N-dealkylation sites (tertiary alicyclic amines) is 2. The van der Waals surface area contributed by atoms with Gasteiger partial charge in [0.2, 0.25) is 5.91 Å². The predicted octanol–water partition coefficient (Wildman–Crippen LogP) is 2.73. The molecule has 1 amide bonds. The van der Waals surface area contributed by atoms with E-state index in [1.807, 2.05) is 6.20 Å². The summed E-state index contributed by atoms with van der Waals surface area (Å²) in [6.07, 6.45) is 11.5. The maximum atomic E-state index is 12.8. The molecule has 4 rings (SSSR count). The van der Waals surface area contributed by atoms with Crippen LogP contribution in [-0.2, 0) is 11.3 Å². The molecule has 1 atom stereocenters. The van der Waals surface area contributed by atoms with Crippen LogP contribution in [0.15, 0.2) is 12.4 Å². The van der Waals surface area contributed by atoms with E-state index in [1.165, 1.54) is 44.6 Å². The predicted molar refractivity (Wildman–Crippen MR) is 98.3 cm³/mol. The van der Waals surface area contributed by atoms with E-state index in [0.717, 1.165) is 44.9 Å². The number of aromatic nitrogens is 2. The van der Waals surface area contributed by atoms with Crippen molar-refractivity contribution < 1.29 is 4.79 Å². The number of rotatable bonds is 6. The van der Waals surface area contributed by atoms with E-state index in [4.69, 9.17) is 0 Å². The molecule has 3 fully saturated rings. The average molecular weight is 345 g/mol. The molecule has 0 spiro atoms. The molecule has 138 valence electrons. The Balaban J connectivity index is 1.28. The average Bonchev–Trinajstić information content (AvgIpc) is 3.09. The van der Waals surface area contributed by atoms with Gasteiger partial charge in [0.25, 0.3) is 0 Å². The first-order chi connectivity index (χ1) is 12.2. The van der Waals surface area contributed by atoms with Crippen LogP contribution in [0, 0.1) is 11.8 Å². The molecule has 3 heterocycles. The van der Waals surface area contributed by atoms with Crippen molar-refractivity contribution in [2.45, 2.75) is 57.9 Å². The van der Waals surface area contributed by atoms with Gasteiger partial charge in [-0.3, -0.25) is 4.79 Å². The van der Waals surface area contributed by atoms with Crippen LogP contribution in [0.2, 0.25) is 0 Å². The zero-order valence-electron chi connectivity index (χ0n) is 15.6. The van der Waals surface area contributed by atoms with E-state index in [9.17, 15) is 4.79 Å². The Labute approximate surface area is 151 Å². The summed E-state index contributed by atoms with van der Waals surface area (Å²) in [6, 6.07) is 0. The monoisotopic (exact) mass is 344 g/mol. The minimum absolute atomic E-state index is 0.131. The lowest BCUT2D eigenvalue weighted by atomic mass is 9.94. The van der Waals surface area contributed by atoms with Gasteiger partial charge in [0.05, 0.1) is 0 Å². The van der Waals surface area contributed by atoms with E-state index in [2.05, 4.69) is 32.5 Å². The number of carbonyl (C=O) groups excluding carboxylic acids is 1. The molecule has 3 aliphatic rings. The molecular weight excluding hydrogens is 312 g/mol. The highest BCUT2D eigenvalue weighted by molar-refractivity contribution is 5.78. The van der Waals surface area contributed by atoms with Crippen molar-refractivity contribution in [3.63, 3.8) is 0 Å². The standard InChI is InChI=1S/C20H32N4O/c1-16(14-22-9-2-3-10-22)20(25)23-11-6-18(7-12-23)19-21-8-13-24(19)15-17-4-5-17/h8,13,16-18H,2-7,9-12,14-15H2,1H3/t16-/m0/s1. The third kappa shape index (κ3) is 4.08. The van der Waals surface area contributed by atoms with Crippen LogP contribution in [0.5, 0.6) is 0 Å². The molecule has 0 N–H and O–H groups in total. The Morgan fingerprint density at radius 3 is 2.56 bits per heavy atom. The second-order valence-electron chi connectivity index (χ2n) is 8.39. The quantitative estimate of drug-likeness (QED) is 0.797. The lowest BCUT2D eigenvalue weighted by Gasteiger charge is -2.34. The van der Waals surface area contributed by atoms with E-state index in [0.29, 0.717) is 11.8 Å². The molecule has 1 aromatic rings. The highest BCUT2D eigenvalue weighted by Crippen LogP contribution is 2.33. The SMILES string of the molecule is C[C@@H](CN1CCCC1)C(=O)N1CCC(c2nccn2CC2CC2)CC1. The fraction of sp³-hybridized carbons (Fsp3) is 0.800. The number of imidazole rings is 1. The summed E-state index contributed by atoms with van der Waals surface area (Å²) >= 11 is 0. The lowest BCUT2D eigenvalue weighted by Crippen LogP contribution is -2.43. The van der Waals surface area contributed by atoms with Crippen molar-refractivity contribution in [3.05, 3.63) is 18.2 Å². The summed E-state index contributed by atoms with van der Waals surface area (Å²) in [5, 5.41) is 0. The molecule has 2 saturated heterocycles. The normalized spacial score (nSPS) is 24.0. The lowest BCUT2D eigenvalue weighted by molar-refractivity contribution is -0.136. The van der Waals surface area contributed by atoms with Crippen molar-refractivity contribution in [1.82, 2.24) is 19.4 Å². The van der Waals surface area contributed by atoms with Crippen LogP contribution in [0.3, 0.4) is 0 Å². The minimum Gasteiger partial charge on any atom is -0.342 e. The zero-order chi connectivity index (χ0) is 17.2. The van der Waals surface area contributed by atoms with Crippen LogP contribution in [0.4, 0.5) is 0 Å². The van der Waals surface area contributed by atoms with Crippen molar-refractivity contribution in [2.75, 3.05) is 32.7 Å². The van der Waals surface area contributed by atoms with Crippen molar-refractivity contribution in [1.29, 1.82) is 0 Å². The molecule has 0 unspecified atom stereocenters. The van der Waals surface area contributed by atoms with Gasteiger partial charge in [0.15, 0.2) is 0 Å². The summed E-state index contributed by atoms with van der Waals surface area (Å²) in [7, 11) is 0. The number of hydrogen-bond acceptors (Lipinski definition) is 3. The second-order valence-corrected chi connectivity index (χ2v) is 8.39. The third-order valence-electron chi connectivity index (χ3n) is 6.22. The van der Waals surface area contributed by atoms with Crippen LogP contribution in [0.25, 0.3) is 0 Å². The molecule has 2 aliphatic heterocycles. The number of piperidine rings is 1. The number of nitrogens with zero attached hydrogens (tertiary/aromatic N) is 4. The maximum absolute atomic E-state index is 12.8. The Morgan fingerprint density at radius 2 is 1.88 bits per heavy atom. The smallest absolute Gasteiger partial charge is 0.226 e. The molecular formula is C20H32N4O. The van der Waals surface area contributed by atoms with Gasteiger partial charge in [0, 0.05) is 50.4 Å². The molecule has 0 radical (unpaired) electrons. The second kappa shape index (κ2) is 7.48. The summed E-state index contributed by atoms with van der Waals surface area (Å²) < 4.78 is 2.37. The first-order valence-electron chi connectivity index (χ1n) is 10.2. The molecule has 0 aromatic carbocycles. The Kier molecular flexibility index (Phi) is 5.11. The topological polar surface area (TPSA) is 41.4 Å². The van der Waals surface area contributed by atoms with Gasteiger partial charge in [0.1, 0.15) is 5.82 Å². The molecule has 1 aromatic heterocycles. The van der Waals surface area contributed by atoms with E-state index in [1.54, 1.807) is 0 Å². The number of hydrogen-bond donors (Lipinski definition) is 0. The summed E-state index contributed by atoms with van der Waals surface area (Å²) in [5.41, 5.74) is 0. The molecule has 5 nitrogen and oxygen atoms in total. The molecule has 1 saturated carbocycles. The molecule has 0 bridgehead atoms. The molecule has 25 heavy (non-hydrogen) atoms. The van der Waals surface area contributed by atoms with Gasteiger partial charge in [-0.2, -0.15) is 0 Å². The fourth-order valence-electron chi connectivity index (χ4n) is 4.51. The van der Waals surface area contributed by atoms with Crippen LogP contribution in [-0.4, -0.2) is 58.0 Å². The van der Waals surface area contributed by atoms with Crippen molar-refractivity contribution >= 4 is 5.91 Å². The first kappa shape index (κ1) is 17.1. The van der Waals surface area contributed by atoms with Crippen molar-refractivity contribution in [3.8, 4) is 0 Å². The fourth-order valence-corrected chi connectivity index (χ4v) is 4.51. The highest BCUT2D eigenvalue weighted by atomic mass is 16.2. The summed E-state index contributed by atoms with van der Waals surface area (Å²) in [4.78, 5) is 22.0. The van der Waals surface area contributed by atoms with Gasteiger partial charge in [-0.1, -0.05) is 6.92 Å². The summed E-state index contributed by atoms with van der Waals surface area (Å²) in [5.74, 6) is 3.13. The number of amides is 1. The zero-order valence-corrected chi connectivity index (χ0v) is 15.6. The molecule has 5 heteroatoms. The van der Waals surface area contributed by atoms with E-state index < -0.39 is 0 Å². The minimum atomic E-state index is 0.131. The Morgan fingerprint density at radius 1 is 1.16 bits per heavy atom. The molecule has 1 aliphatic carbocycles.